The van der Waals surface area contributed by atoms with E-state index in [1.165, 1.54) is 0 Å². The van der Waals surface area contributed by atoms with Gasteiger partial charge in [-0.3, -0.25) is 0 Å². The van der Waals surface area contributed by atoms with Gasteiger partial charge in [-0.25, -0.2) is 9.18 Å². The molecule has 0 aromatic rings. The van der Waals surface area contributed by atoms with Crippen molar-refractivity contribution in [3.05, 3.63) is 0 Å². The second kappa shape index (κ2) is 5.40. The Morgan fingerprint density at radius 2 is 2.00 bits per heavy atom. The maximum absolute atomic E-state index is 10.5. The second-order valence-corrected chi connectivity index (χ2v) is 0.527. The van der Waals surface area contributed by atoms with E-state index in [-0.39, 0.29) is 29.6 Å². The zero-order valence-corrected chi connectivity index (χ0v) is 5.44. The maximum atomic E-state index is 10.5. The third kappa shape index (κ3) is 8.83. The number of carboxylic acid groups (broad SMARTS) is 1. The SMILES string of the molecule is O=C(O)CF.[Na+]. The van der Waals surface area contributed by atoms with Crippen LogP contribution in [-0.2, 0) is 4.79 Å². The van der Waals surface area contributed by atoms with Gasteiger partial charge in [0.2, 0.25) is 0 Å². The summed E-state index contributed by atoms with van der Waals surface area (Å²) < 4.78 is 10.5. The Kier molecular flexibility index (Phi) is 8.68. The van der Waals surface area contributed by atoms with Crippen LogP contribution < -0.4 is 29.6 Å². The minimum atomic E-state index is -1.41. The third-order valence-corrected chi connectivity index (χ3v) is 0.114. The summed E-state index contributed by atoms with van der Waals surface area (Å²) in [7, 11) is 0. The molecule has 30 valence electrons. The second-order valence-electron chi connectivity index (χ2n) is 0.527. The van der Waals surface area contributed by atoms with Crippen molar-refractivity contribution in [2.24, 2.45) is 0 Å². The molecule has 2 nitrogen and oxygen atoms in total. The summed E-state index contributed by atoms with van der Waals surface area (Å²) in [6.45, 7) is -1.28. The van der Waals surface area contributed by atoms with Gasteiger partial charge in [-0.05, 0) is 0 Å². The smallest absolute Gasteiger partial charge is 0.479 e. The minimum Gasteiger partial charge on any atom is -0.479 e. The van der Waals surface area contributed by atoms with E-state index >= 15 is 0 Å². The van der Waals surface area contributed by atoms with Crippen molar-refractivity contribution in [1.29, 1.82) is 0 Å². The van der Waals surface area contributed by atoms with Crippen LogP contribution in [0.1, 0.15) is 0 Å². The number of halogens is 1. The average molecular weight is 101 g/mol. The molecule has 0 spiro atoms. The van der Waals surface area contributed by atoms with Crippen molar-refractivity contribution in [3.63, 3.8) is 0 Å². The van der Waals surface area contributed by atoms with Crippen LogP contribution in [0.2, 0.25) is 0 Å². The molecule has 0 heterocycles. The van der Waals surface area contributed by atoms with Crippen LogP contribution in [0.4, 0.5) is 4.39 Å². The summed E-state index contributed by atoms with van der Waals surface area (Å²) in [5.74, 6) is -1.41. The minimum absolute atomic E-state index is 0. The maximum Gasteiger partial charge on any atom is 1.00 e. The van der Waals surface area contributed by atoms with Crippen molar-refractivity contribution >= 4 is 5.97 Å². The van der Waals surface area contributed by atoms with Crippen molar-refractivity contribution in [2.45, 2.75) is 0 Å². The molecular formula is C2H3FNaO2+. The number of carbonyl (C=O) groups is 1. The summed E-state index contributed by atoms with van der Waals surface area (Å²) in [5.41, 5.74) is 0. The molecule has 0 radical (unpaired) electrons. The Balaban J connectivity index is 0. The largest absolute Gasteiger partial charge is 1.00 e. The van der Waals surface area contributed by atoms with Crippen LogP contribution in [0.5, 0.6) is 0 Å². The normalized spacial score (nSPS) is 6.17. The van der Waals surface area contributed by atoms with E-state index in [1.807, 2.05) is 0 Å². The van der Waals surface area contributed by atoms with E-state index < -0.39 is 12.6 Å². The topological polar surface area (TPSA) is 37.3 Å². The van der Waals surface area contributed by atoms with Crippen LogP contribution in [0, 0.1) is 0 Å². The molecule has 1 N–H and O–H groups in total. The molecule has 0 fully saturated rings. The summed E-state index contributed by atoms with van der Waals surface area (Å²) in [6.07, 6.45) is 0. The molecule has 0 saturated carbocycles. The number of alkyl halides is 1. The Hall–Kier alpha value is 0.400. The first kappa shape index (κ1) is 9.64. The molecule has 0 aromatic carbocycles. The van der Waals surface area contributed by atoms with Gasteiger partial charge < -0.3 is 5.11 Å². The van der Waals surface area contributed by atoms with E-state index in [2.05, 4.69) is 0 Å². The monoisotopic (exact) mass is 101 g/mol. The Bertz CT molecular complexity index is 46.8. The van der Waals surface area contributed by atoms with Crippen LogP contribution >= 0.6 is 0 Å². The Labute approximate surface area is 56.6 Å². The Morgan fingerprint density at radius 1 is 1.83 bits per heavy atom. The molecule has 0 rings (SSSR count). The van der Waals surface area contributed by atoms with Crippen molar-refractivity contribution in [2.75, 3.05) is 6.67 Å². The van der Waals surface area contributed by atoms with E-state index in [1.54, 1.807) is 0 Å². The van der Waals surface area contributed by atoms with Gasteiger partial charge in [0.25, 0.3) is 0 Å². The van der Waals surface area contributed by atoms with E-state index in [0.29, 0.717) is 0 Å². The molecule has 0 aliphatic heterocycles. The number of hydrogen-bond donors (Lipinski definition) is 1. The van der Waals surface area contributed by atoms with Crippen molar-refractivity contribution in [3.8, 4) is 0 Å². The molecule has 0 aromatic heterocycles. The molecule has 0 saturated heterocycles. The quantitative estimate of drug-likeness (QED) is 0.358. The van der Waals surface area contributed by atoms with Gasteiger partial charge in [-0.1, -0.05) is 0 Å². The molecule has 0 unspecified atom stereocenters. The van der Waals surface area contributed by atoms with Crippen molar-refractivity contribution < 1.29 is 43.8 Å². The first-order chi connectivity index (χ1) is 2.27. The fraction of sp³-hybridized carbons (Fsp3) is 0.500. The molecule has 0 aliphatic rings. The molecule has 0 bridgehead atoms. The summed E-state index contributed by atoms with van der Waals surface area (Å²) in [5, 5.41) is 7.35. The summed E-state index contributed by atoms with van der Waals surface area (Å²) >= 11 is 0. The molecule has 0 aliphatic carbocycles. The zero-order chi connectivity index (χ0) is 4.28. The Morgan fingerprint density at radius 3 is 2.00 bits per heavy atom. The first-order valence-electron chi connectivity index (χ1n) is 1.05. The summed E-state index contributed by atoms with van der Waals surface area (Å²) in [4.78, 5) is 8.99. The zero-order valence-electron chi connectivity index (χ0n) is 3.44. The van der Waals surface area contributed by atoms with Gasteiger partial charge in [-0.2, -0.15) is 0 Å². The number of rotatable bonds is 1. The molecular weight excluding hydrogens is 98.0 g/mol. The van der Waals surface area contributed by atoms with Crippen molar-refractivity contribution in [1.82, 2.24) is 0 Å². The van der Waals surface area contributed by atoms with Crippen LogP contribution in [0.15, 0.2) is 0 Å². The van der Waals surface area contributed by atoms with Gasteiger partial charge in [0.15, 0.2) is 6.67 Å². The molecule has 0 amide bonds. The predicted molar refractivity (Wildman–Crippen MR) is 13.6 cm³/mol. The van der Waals surface area contributed by atoms with E-state index in [0.717, 1.165) is 0 Å². The van der Waals surface area contributed by atoms with Crippen LogP contribution in [0.25, 0.3) is 0 Å². The number of hydrogen-bond acceptors (Lipinski definition) is 1. The third-order valence-electron chi connectivity index (χ3n) is 0.114. The average Bonchev–Trinajstić information content (AvgIpc) is 1.38. The van der Waals surface area contributed by atoms with Crippen LogP contribution in [-0.4, -0.2) is 17.8 Å². The van der Waals surface area contributed by atoms with E-state index in [4.69, 9.17) is 9.90 Å². The summed E-state index contributed by atoms with van der Waals surface area (Å²) in [6, 6.07) is 0. The molecule has 0 atom stereocenters. The fourth-order valence-electron chi connectivity index (χ4n) is 0. The van der Waals surface area contributed by atoms with Gasteiger partial charge in [0, 0.05) is 0 Å². The van der Waals surface area contributed by atoms with E-state index in [9.17, 15) is 4.39 Å². The number of aliphatic carboxylic acids is 1. The predicted octanol–water partition coefficient (Wildman–Crippen LogP) is -2.96. The van der Waals surface area contributed by atoms with Gasteiger partial charge in [-0.15, -0.1) is 0 Å². The standard InChI is InChI=1S/C2H3FO2.Na/c3-1-2(4)5;/h1H2,(H,4,5);/q;+1. The fourth-order valence-corrected chi connectivity index (χ4v) is 0. The first-order valence-corrected chi connectivity index (χ1v) is 1.05. The molecule has 6 heavy (non-hydrogen) atoms. The van der Waals surface area contributed by atoms with Gasteiger partial charge in [0.1, 0.15) is 0 Å². The number of carboxylic acids is 1. The van der Waals surface area contributed by atoms with Gasteiger partial charge >= 0.3 is 35.5 Å². The van der Waals surface area contributed by atoms with Crippen LogP contribution in [0.3, 0.4) is 0 Å². The molecule has 4 heteroatoms. The van der Waals surface area contributed by atoms with Gasteiger partial charge in [0.05, 0.1) is 0 Å².